The monoisotopic (exact) mass is 276 g/mol. The maximum absolute atomic E-state index is 12.9. The Labute approximate surface area is 106 Å². The fourth-order valence-corrected chi connectivity index (χ4v) is 2.23. The molecule has 0 bridgehead atoms. The first kappa shape index (κ1) is 11.6. The third-order valence-corrected chi connectivity index (χ3v) is 3.29. The van der Waals surface area contributed by atoms with Crippen molar-refractivity contribution in [2.75, 3.05) is 5.32 Å². The zero-order valence-corrected chi connectivity index (χ0v) is 10.3. The molecule has 0 unspecified atom stereocenters. The fourth-order valence-electron chi connectivity index (χ4n) is 1.15. The highest BCUT2D eigenvalue weighted by molar-refractivity contribution is 7.15. The zero-order valence-electron chi connectivity index (χ0n) is 8.01. The number of rotatable bonds is 3. The molecule has 0 radical (unpaired) electrons. The van der Waals surface area contributed by atoms with Crippen molar-refractivity contribution in [3.05, 3.63) is 44.6 Å². The van der Waals surface area contributed by atoms with Gasteiger partial charge in [0.1, 0.15) is 15.2 Å². The molecule has 1 aromatic carbocycles. The highest BCUT2D eigenvalue weighted by Crippen LogP contribution is 2.22. The Balaban J connectivity index is 2.02. The predicted molar refractivity (Wildman–Crippen MR) is 65.9 cm³/mol. The molecular weight excluding hydrogens is 270 g/mol. The molecule has 2 rings (SSSR count). The Bertz CT molecular complexity index is 501. The Morgan fingerprint density at radius 3 is 2.81 bits per heavy atom. The Morgan fingerprint density at radius 1 is 1.38 bits per heavy atom. The zero-order chi connectivity index (χ0) is 11.5. The van der Waals surface area contributed by atoms with Crippen molar-refractivity contribution in [2.24, 2.45) is 0 Å². The van der Waals surface area contributed by atoms with E-state index in [0.29, 0.717) is 10.9 Å². The number of anilines is 1. The minimum atomic E-state index is -0.426. The molecule has 0 saturated carbocycles. The van der Waals surface area contributed by atoms with Gasteiger partial charge in [-0.15, -0.1) is 11.3 Å². The van der Waals surface area contributed by atoms with E-state index in [-0.39, 0.29) is 5.02 Å². The quantitative estimate of drug-likeness (QED) is 0.909. The van der Waals surface area contributed by atoms with E-state index in [4.69, 9.17) is 23.2 Å². The lowest BCUT2D eigenvalue weighted by molar-refractivity contribution is 0.628. The molecule has 1 N–H and O–H groups in total. The topological polar surface area (TPSA) is 24.9 Å². The Morgan fingerprint density at radius 2 is 2.19 bits per heavy atom. The molecule has 0 saturated heterocycles. The Kier molecular flexibility index (Phi) is 3.63. The van der Waals surface area contributed by atoms with Crippen LogP contribution < -0.4 is 5.32 Å². The molecule has 2 aromatic rings. The molecule has 2 nitrogen and oxygen atoms in total. The number of benzene rings is 1. The third-order valence-electron chi connectivity index (χ3n) is 1.89. The summed E-state index contributed by atoms with van der Waals surface area (Å²) in [6.45, 7) is 0.541. The van der Waals surface area contributed by atoms with E-state index >= 15 is 0 Å². The van der Waals surface area contributed by atoms with Gasteiger partial charge in [0.15, 0.2) is 0 Å². The van der Waals surface area contributed by atoms with E-state index in [9.17, 15) is 4.39 Å². The van der Waals surface area contributed by atoms with Gasteiger partial charge in [0, 0.05) is 5.69 Å². The summed E-state index contributed by atoms with van der Waals surface area (Å²) in [5, 5.41) is 4.05. The summed E-state index contributed by atoms with van der Waals surface area (Å²) >= 11 is 12.8. The van der Waals surface area contributed by atoms with Crippen LogP contribution in [0.3, 0.4) is 0 Å². The number of hydrogen-bond acceptors (Lipinski definition) is 3. The summed E-state index contributed by atoms with van der Waals surface area (Å²) in [6, 6.07) is 4.47. The van der Waals surface area contributed by atoms with Crippen LogP contribution in [0, 0.1) is 5.82 Å². The summed E-state index contributed by atoms with van der Waals surface area (Å²) in [7, 11) is 0. The number of nitrogens with zero attached hydrogens (tertiary/aromatic N) is 1. The van der Waals surface area contributed by atoms with E-state index in [1.54, 1.807) is 12.3 Å². The van der Waals surface area contributed by atoms with Gasteiger partial charge in [-0.2, -0.15) is 0 Å². The SMILES string of the molecule is Fc1ccc(NCc2ncc(Cl)s2)cc1Cl. The van der Waals surface area contributed by atoms with Crippen LogP contribution in [-0.2, 0) is 6.54 Å². The summed E-state index contributed by atoms with van der Waals surface area (Å²) in [4.78, 5) is 4.09. The minimum Gasteiger partial charge on any atom is -0.378 e. The molecule has 84 valence electrons. The molecule has 1 aromatic heterocycles. The fraction of sp³-hybridized carbons (Fsp3) is 0.100. The number of halogens is 3. The maximum atomic E-state index is 12.9. The van der Waals surface area contributed by atoms with Crippen LogP contribution >= 0.6 is 34.5 Å². The van der Waals surface area contributed by atoms with Gasteiger partial charge in [0.25, 0.3) is 0 Å². The van der Waals surface area contributed by atoms with Crippen LogP contribution in [0.1, 0.15) is 5.01 Å². The minimum absolute atomic E-state index is 0.0992. The van der Waals surface area contributed by atoms with Crippen LogP contribution in [0.4, 0.5) is 10.1 Å². The van der Waals surface area contributed by atoms with Crippen molar-refractivity contribution in [2.45, 2.75) is 6.54 Å². The normalized spacial score (nSPS) is 10.4. The Hall–Kier alpha value is -0.840. The van der Waals surface area contributed by atoms with Crippen molar-refractivity contribution < 1.29 is 4.39 Å². The molecule has 0 atom stereocenters. The second kappa shape index (κ2) is 4.99. The highest BCUT2D eigenvalue weighted by Gasteiger charge is 2.02. The van der Waals surface area contributed by atoms with Gasteiger partial charge in [-0.05, 0) is 18.2 Å². The maximum Gasteiger partial charge on any atom is 0.141 e. The lowest BCUT2D eigenvalue weighted by Crippen LogP contribution is -1.98. The van der Waals surface area contributed by atoms with E-state index < -0.39 is 5.82 Å². The van der Waals surface area contributed by atoms with E-state index in [0.717, 1.165) is 10.7 Å². The van der Waals surface area contributed by atoms with Gasteiger partial charge in [0.05, 0.1) is 17.8 Å². The molecule has 1 heterocycles. The summed E-state index contributed by atoms with van der Waals surface area (Å²) in [6.07, 6.45) is 1.60. The van der Waals surface area contributed by atoms with E-state index in [2.05, 4.69) is 10.3 Å². The van der Waals surface area contributed by atoms with Crippen molar-refractivity contribution >= 4 is 40.2 Å². The molecule has 16 heavy (non-hydrogen) atoms. The van der Waals surface area contributed by atoms with Gasteiger partial charge in [0.2, 0.25) is 0 Å². The van der Waals surface area contributed by atoms with Gasteiger partial charge in [-0.25, -0.2) is 9.37 Å². The smallest absolute Gasteiger partial charge is 0.141 e. The number of hydrogen-bond donors (Lipinski definition) is 1. The average Bonchev–Trinajstić information content (AvgIpc) is 2.66. The van der Waals surface area contributed by atoms with E-state index in [1.807, 2.05) is 0 Å². The van der Waals surface area contributed by atoms with Gasteiger partial charge >= 0.3 is 0 Å². The molecule has 0 aliphatic carbocycles. The highest BCUT2D eigenvalue weighted by atomic mass is 35.5. The van der Waals surface area contributed by atoms with Crippen LogP contribution in [0.2, 0.25) is 9.36 Å². The first-order chi connectivity index (χ1) is 7.65. The summed E-state index contributed by atoms with van der Waals surface area (Å²) in [5.41, 5.74) is 0.748. The number of nitrogens with one attached hydrogen (secondary N) is 1. The van der Waals surface area contributed by atoms with Crippen LogP contribution in [0.25, 0.3) is 0 Å². The number of aromatic nitrogens is 1. The second-order valence-electron chi connectivity index (χ2n) is 3.04. The molecular formula is C10H7Cl2FN2S. The van der Waals surface area contributed by atoms with Gasteiger partial charge < -0.3 is 5.32 Å². The van der Waals surface area contributed by atoms with Crippen molar-refractivity contribution in [3.63, 3.8) is 0 Å². The predicted octanol–water partition coefficient (Wildman–Crippen LogP) is 4.20. The average molecular weight is 277 g/mol. The van der Waals surface area contributed by atoms with Crippen molar-refractivity contribution in [1.82, 2.24) is 4.98 Å². The first-order valence-corrected chi connectivity index (χ1v) is 6.01. The van der Waals surface area contributed by atoms with Gasteiger partial charge in [-0.1, -0.05) is 23.2 Å². The number of thiazole rings is 1. The summed E-state index contributed by atoms with van der Waals surface area (Å²) < 4.78 is 13.5. The molecule has 0 aliphatic heterocycles. The van der Waals surface area contributed by atoms with Crippen molar-refractivity contribution in [3.8, 4) is 0 Å². The lowest BCUT2D eigenvalue weighted by Gasteiger charge is -2.04. The molecule has 6 heteroatoms. The first-order valence-electron chi connectivity index (χ1n) is 4.44. The van der Waals surface area contributed by atoms with E-state index in [1.165, 1.54) is 23.5 Å². The van der Waals surface area contributed by atoms with Crippen LogP contribution in [-0.4, -0.2) is 4.98 Å². The summed E-state index contributed by atoms with van der Waals surface area (Å²) in [5.74, 6) is -0.426. The molecule has 0 amide bonds. The lowest BCUT2D eigenvalue weighted by atomic mass is 10.3. The third kappa shape index (κ3) is 2.84. The standard InChI is InChI=1S/C10H7Cl2FN2S/c11-7-3-6(1-2-8(7)13)14-5-10-15-4-9(12)16-10/h1-4,14H,5H2. The van der Waals surface area contributed by atoms with Crippen LogP contribution in [0.15, 0.2) is 24.4 Å². The van der Waals surface area contributed by atoms with Gasteiger partial charge in [-0.3, -0.25) is 0 Å². The second-order valence-corrected chi connectivity index (χ2v) is 5.19. The molecule has 0 fully saturated rings. The molecule has 0 spiro atoms. The largest absolute Gasteiger partial charge is 0.378 e. The van der Waals surface area contributed by atoms with Crippen molar-refractivity contribution in [1.29, 1.82) is 0 Å². The molecule has 0 aliphatic rings. The van der Waals surface area contributed by atoms with Crippen LogP contribution in [0.5, 0.6) is 0 Å².